The predicted molar refractivity (Wildman–Crippen MR) is 136 cm³/mol. The standard InChI is InChI=1S/C27H30N4O7/c1-28-25(34)29-17-6-9-20-16(13-17)10-11-27(20)24(33)31(26(35)38-27)15-23(32)30-12-4-5-21(30)19-8-7-18(36-2)14-22(19)37-3/h6-9,13-14,21H,4-5,10-12,15H2,1-3H3,(H2,28,29,34)/t21?,27-/m1/s1. The van der Waals surface area contributed by atoms with E-state index in [0.717, 1.165) is 28.9 Å². The van der Waals surface area contributed by atoms with Crippen LogP contribution in [-0.2, 0) is 26.3 Å². The number of nitrogens with one attached hydrogen (secondary N) is 2. The second kappa shape index (κ2) is 9.88. The zero-order chi connectivity index (χ0) is 27.0. The van der Waals surface area contributed by atoms with Gasteiger partial charge < -0.3 is 29.7 Å². The topological polar surface area (TPSA) is 127 Å². The second-order valence-electron chi connectivity index (χ2n) is 9.52. The average molecular weight is 523 g/mol. The summed E-state index contributed by atoms with van der Waals surface area (Å²) in [6.07, 6.45) is 1.45. The number of urea groups is 1. The number of methoxy groups -OCH3 is 2. The molecule has 200 valence electrons. The third-order valence-corrected chi connectivity index (χ3v) is 7.51. The van der Waals surface area contributed by atoms with Crippen molar-refractivity contribution in [3.8, 4) is 11.5 Å². The molecule has 5 rings (SSSR count). The molecule has 0 aromatic heterocycles. The molecule has 11 nitrogen and oxygen atoms in total. The fourth-order valence-electron chi connectivity index (χ4n) is 5.63. The lowest BCUT2D eigenvalue weighted by Crippen LogP contribution is -2.44. The van der Waals surface area contributed by atoms with Gasteiger partial charge in [0.2, 0.25) is 11.5 Å². The fraction of sp³-hybridized carbons (Fsp3) is 0.407. The van der Waals surface area contributed by atoms with Gasteiger partial charge in [-0.1, -0.05) is 6.07 Å². The zero-order valence-electron chi connectivity index (χ0n) is 21.5. The van der Waals surface area contributed by atoms with E-state index >= 15 is 0 Å². The smallest absolute Gasteiger partial charge is 0.418 e. The van der Waals surface area contributed by atoms with Crippen LogP contribution in [0.25, 0.3) is 0 Å². The molecule has 0 radical (unpaired) electrons. The molecule has 2 saturated heterocycles. The van der Waals surface area contributed by atoms with Crippen LogP contribution in [0.5, 0.6) is 11.5 Å². The van der Waals surface area contributed by atoms with Gasteiger partial charge in [-0.3, -0.25) is 9.59 Å². The van der Waals surface area contributed by atoms with Gasteiger partial charge in [-0.05, 0) is 49.1 Å². The molecule has 2 aliphatic heterocycles. The number of hydrogen-bond donors (Lipinski definition) is 2. The lowest BCUT2D eigenvalue weighted by atomic mass is 9.94. The molecule has 11 heteroatoms. The van der Waals surface area contributed by atoms with Crippen molar-refractivity contribution in [2.45, 2.75) is 37.3 Å². The Labute approximate surface area is 220 Å². The van der Waals surface area contributed by atoms with Crippen molar-refractivity contribution in [3.63, 3.8) is 0 Å². The number of imide groups is 1. The van der Waals surface area contributed by atoms with Gasteiger partial charge in [-0.25, -0.2) is 14.5 Å². The van der Waals surface area contributed by atoms with Gasteiger partial charge in [0.1, 0.15) is 18.0 Å². The molecule has 2 fully saturated rings. The van der Waals surface area contributed by atoms with Gasteiger partial charge in [0.05, 0.1) is 20.3 Å². The highest BCUT2D eigenvalue weighted by Crippen LogP contribution is 2.46. The van der Waals surface area contributed by atoms with Crippen molar-refractivity contribution in [2.75, 3.05) is 39.7 Å². The van der Waals surface area contributed by atoms with E-state index in [1.165, 1.54) is 7.05 Å². The molecular weight excluding hydrogens is 492 g/mol. The highest BCUT2D eigenvalue weighted by Gasteiger charge is 2.58. The first-order valence-electron chi connectivity index (χ1n) is 12.5. The number of fused-ring (bicyclic) bond motifs is 2. The van der Waals surface area contributed by atoms with E-state index in [9.17, 15) is 19.2 Å². The lowest BCUT2D eigenvalue weighted by Gasteiger charge is -2.28. The minimum Gasteiger partial charge on any atom is -0.497 e. The van der Waals surface area contributed by atoms with Gasteiger partial charge in [-0.2, -0.15) is 0 Å². The van der Waals surface area contributed by atoms with Crippen LogP contribution in [0, 0.1) is 0 Å². The molecule has 0 bridgehead atoms. The van der Waals surface area contributed by atoms with E-state index in [0.29, 0.717) is 35.7 Å². The molecule has 5 amide bonds. The van der Waals surface area contributed by atoms with E-state index in [-0.39, 0.29) is 24.4 Å². The Morgan fingerprint density at radius 2 is 1.95 bits per heavy atom. The molecule has 3 aliphatic rings. The fourth-order valence-corrected chi connectivity index (χ4v) is 5.63. The number of rotatable bonds is 6. The van der Waals surface area contributed by atoms with Gasteiger partial charge in [-0.15, -0.1) is 0 Å². The zero-order valence-corrected chi connectivity index (χ0v) is 21.5. The van der Waals surface area contributed by atoms with Crippen LogP contribution >= 0.6 is 0 Å². The first kappa shape index (κ1) is 25.4. The molecule has 2 aromatic carbocycles. The van der Waals surface area contributed by atoms with Gasteiger partial charge in [0.15, 0.2) is 0 Å². The number of anilines is 1. The number of carbonyl (C=O) groups is 4. The van der Waals surface area contributed by atoms with Crippen LogP contribution in [0.4, 0.5) is 15.3 Å². The number of likely N-dealkylation sites (tertiary alicyclic amines) is 1. The van der Waals surface area contributed by atoms with Crippen molar-refractivity contribution in [2.24, 2.45) is 0 Å². The Balaban J connectivity index is 1.34. The van der Waals surface area contributed by atoms with Crippen LogP contribution in [0.3, 0.4) is 0 Å². The highest BCUT2D eigenvalue weighted by molar-refractivity contribution is 6.06. The number of benzene rings is 2. The van der Waals surface area contributed by atoms with Crippen molar-refractivity contribution in [1.29, 1.82) is 0 Å². The number of carbonyl (C=O) groups excluding carboxylic acids is 4. The Kier molecular flexibility index (Phi) is 6.60. The summed E-state index contributed by atoms with van der Waals surface area (Å²) in [4.78, 5) is 54.2. The summed E-state index contributed by atoms with van der Waals surface area (Å²) >= 11 is 0. The van der Waals surface area contributed by atoms with E-state index < -0.39 is 24.1 Å². The quantitative estimate of drug-likeness (QED) is 0.597. The van der Waals surface area contributed by atoms with E-state index in [4.69, 9.17) is 14.2 Å². The van der Waals surface area contributed by atoms with E-state index in [1.807, 2.05) is 12.1 Å². The van der Waals surface area contributed by atoms with Crippen LogP contribution in [0.1, 0.15) is 42.0 Å². The van der Waals surface area contributed by atoms with Gasteiger partial charge in [0.25, 0.3) is 5.91 Å². The summed E-state index contributed by atoms with van der Waals surface area (Å²) in [5.41, 5.74) is 1.34. The normalized spacial score (nSPS) is 21.9. The maximum Gasteiger partial charge on any atom is 0.418 e. The van der Waals surface area contributed by atoms with Gasteiger partial charge >= 0.3 is 12.1 Å². The molecule has 0 saturated carbocycles. The van der Waals surface area contributed by atoms with Gasteiger partial charge in [0, 0.05) is 42.9 Å². The number of aryl methyl sites for hydroxylation is 1. The summed E-state index contributed by atoms with van der Waals surface area (Å²) in [6, 6.07) is 9.98. The molecule has 38 heavy (non-hydrogen) atoms. The predicted octanol–water partition coefficient (Wildman–Crippen LogP) is 2.94. The largest absolute Gasteiger partial charge is 0.497 e. The monoisotopic (exact) mass is 522 g/mol. The minimum absolute atomic E-state index is 0.246. The Morgan fingerprint density at radius 1 is 1.13 bits per heavy atom. The van der Waals surface area contributed by atoms with Crippen LogP contribution in [0.15, 0.2) is 36.4 Å². The second-order valence-corrected chi connectivity index (χ2v) is 9.52. The molecule has 1 unspecified atom stereocenters. The third kappa shape index (κ3) is 4.17. The van der Waals surface area contributed by atoms with Crippen molar-refractivity contribution in [1.82, 2.24) is 15.1 Å². The number of ether oxygens (including phenoxy) is 3. The van der Waals surface area contributed by atoms with E-state index in [1.54, 1.807) is 43.4 Å². The molecular formula is C27H30N4O7. The molecule has 2 atom stereocenters. The van der Waals surface area contributed by atoms with E-state index in [2.05, 4.69) is 10.6 Å². The highest BCUT2D eigenvalue weighted by atomic mass is 16.6. The molecule has 2 aromatic rings. The third-order valence-electron chi connectivity index (χ3n) is 7.51. The molecule has 1 aliphatic carbocycles. The van der Waals surface area contributed by atoms with Crippen LogP contribution in [0.2, 0.25) is 0 Å². The van der Waals surface area contributed by atoms with Crippen molar-refractivity contribution >= 4 is 29.6 Å². The average Bonchev–Trinajstić information content (AvgIpc) is 3.61. The Morgan fingerprint density at radius 3 is 2.68 bits per heavy atom. The maximum atomic E-state index is 13.6. The first-order chi connectivity index (χ1) is 18.3. The van der Waals surface area contributed by atoms with Crippen LogP contribution in [-0.4, -0.2) is 68.1 Å². The summed E-state index contributed by atoms with van der Waals surface area (Å²) in [7, 11) is 4.65. The van der Waals surface area contributed by atoms with Crippen LogP contribution < -0.4 is 20.1 Å². The summed E-state index contributed by atoms with van der Waals surface area (Å²) in [5, 5.41) is 5.19. The minimum atomic E-state index is -1.46. The summed E-state index contributed by atoms with van der Waals surface area (Å²) in [6.45, 7) is 0.102. The number of hydrogen-bond acceptors (Lipinski definition) is 7. The van der Waals surface area contributed by atoms with Crippen molar-refractivity contribution < 1.29 is 33.4 Å². The maximum absolute atomic E-state index is 13.6. The first-order valence-corrected chi connectivity index (χ1v) is 12.5. The number of nitrogens with zero attached hydrogens (tertiary/aromatic N) is 2. The molecule has 2 heterocycles. The summed E-state index contributed by atoms with van der Waals surface area (Å²) < 4.78 is 16.5. The van der Waals surface area contributed by atoms with Crippen molar-refractivity contribution in [3.05, 3.63) is 53.1 Å². The molecule has 2 N–H and O–H groups in total. The molecule has 1 spiro atoms. The number of amides is 5. The summed E-state index contributed by atoms with van der Waals surface area (Å²) in [5.74, 6) is 0.374. The Hall–Kier alpha value is -4.28. The lowest BCUT2D eigenvalue weighted by molar-refractivity contribution is -0.142. The SMILES string of the molecule is CNC(=O)Nc1ccc2c(c1)CC[C@@]21OC(=O)N(CC(=O)N2CCCC2c2ccc(OC)cc2OC)C1=O. The Bertz CT molecular complexity index is 1310.